The lowest BCUT2D eigenvalue weighted by molar-refractivity contribution is 0.184. The van der Waals surface area contributed by atoms with E-state index in [9.17, 15) is 4.39 Å². The van der Waals surface area contributed by atoms with Gasteiger partial charge in [-0.05, 0) is 31.0 Å². The summed E-state index contributed by atoms with van der Waals surface area (Å²) in [6.45, 7) is 1.52. The highest BCUT2D eigenvalue weighted by Crippen LogP contribution is 2.25. The van der Waals surface area contributed by atoms with Crippen molar-refractivity contribution in [1.29, 1.82) is 0 Å². The van der Waals surface area contributed by atoms with Gasteiger partial charge < -0.3 is 5.73 Å². The van der Waals surface area contributed by atoms with E-state index in [0.717, 1.165) is 31.4 Å². The Hall–Kier alpha value is -0.710. The van der Waals surface area contributed by atoms with E-state index < -0.39 is 0 Å². The maximum Gasteiger partial charge on any atom is 0.142 e. The first kappa shape index (κ1) is 13.7. The minimum atomic E-state index is -0.377. The number of nitrogens with zero attached hydrogens (tertiary/aromatic N) is 1. The quantitative estimate of drug-likeness (QED) is 0.866. The molecular weight excluding hydrogens is 271 g/mol. The summed E-state index contributed by atoms with van der Waals surface area (Å²) in [6.07, 6.45) is 3.23. The highest BCUT2D eigenvalue weighted by atomic mass is 35.5. The van der Waals surface area contributed by atoms with Gasteiger partial charge in [0.15, 0.2) is 0 Å². The third-order valence-corrected chi connectivity index (χ3v) is 4.04. The predicted octanol–water partition coefficient (Wildman–Crippen LogP) is 3.12. The van der Waals surface area contributed by atoms with Crippen LogP contribution in [0.15, 0.2) is 18.2 Å². The van der Waals surface area contributed by atoms with Gasteiger partial charge in [-0.3, -0.25) is 4.90 Å². The summed E-state index contributed by atoms with van der Waals surface area (Å²) in [7, 11) is 0. The largest absolute Gasteiger partial charge is 0.392 e. The molecule has 1 fully saturated rings. The summed E-state index contributed by atoms with van der Waals surface area (Å²) in [5.41, 5.74) is 6.55. The molecule has 0 aromatic heterocycles. The lowest BCUT2D eigenvalue weighted by Crippen LogP contribution is -2.46. The number of nitrogens with two attached hydrogens (primary N) is 1. The van der Waals surface area contributed by atoms with E-state index in [1.165, 1.54) is 6.07 Å². The van der Waals surface area contributed by atoms with E-state index in [2.05, 4.69) is 4.90 Å². The molecule has 1 atom stereocenters. The van der Waals surface area contributed by atoms with Crippen LogP contribution in [0.3, 0.4) is 0 Å². The van der Waals surface area contributed by atoms with Crippen LogP contribution in [0.1, 0.15) is 24.8 Å². The van der Waals surface area contributed by atoms with Gasteiger partial charge in [0.05, 0.1) is 16.1 Å². The zero-order chi connectivity index (χ0) is 13.1. The molecule has 1 unspecified atom stereocenters. The van der Waals surface area contributed by atoms with Crippen LogP contribution in [0.25, 0.3) is 0 Å². The van der Waals surface area contributed by atoms with E-state index in [0.29, 0.717) is 11.5 Å². The van der Waals surface area contributed by atoms with Crippen molar-refractivity contribution in [3.8, 4) is 0 Å². The van der Waals surface area contributed by atoms with Crippen LogP contribution < -0.4 is 5.73 Å². The molecule has 1 aliphatic rings. The molecule has 1 heterocycles. The van der Waals surface area contributed by atoms with Crippen LogP contribution in [0.5, 0.6) is 0 Å². The first-order chi connectivity index (χ1) is 8.59. The first-order valence-electron chi connectivity index (χ1n) is 6.06. The number of halogens is 2. The van der Waals surface area contributed by atoms with Crippen molar-refractivity contribution < 1.29 is 4.39 Å². The molecule has 1 aromatic carbocycles. The van der Waals surface area contributed by atoms with E-state index in [1.807, 2.05) is 6.07 Å². The predicted molar refractivity (Wildman–Crippen MR) is 76.2 cm³/mol. The maximum absolute atomic E-state index is 13.4. The second kappa shape index (κ2) is 5.95. The molecule has 5 heteroatoms. The Labute approximate surface area is 117 Å². The number of benzene rings is 1. The minimum Gasteiger partial charge on any atom is -0.392 e. The van der Waals surface area contributed by atoms with Crippen molar-refractivity contribution in [3.63, 3.8) is 0 Å². The van der Waals surface area contributed by atoms with Gasteiger partial charge in [0.25, 0.3) is 0 Å². The third-order valence-electron chi connectivity index (χ3n) is 3.35. The summed E-state index contributed by atoms with van der Waals surface area (Å²) < 4.78 is 13.4. The average Bonchev–Trinajstić information content (AvgIpc) is 2.35. The van der Waals surface area contributed by atoms with Gasteiger partial charge in [-0.2, -0.15) is 0 Å². The van der Waals surface area contributed by atoms with Gasteiger partial charge >= 0.3 is 0 Å². The zero-order valence-electron chi connectivity index (χ0n) is 10.0. The van der Waals surface area contributed by atoms with Crippen LogP contribution in [-0.2, 0) is 6.54 Å². The van der Waals surface area contributed by atoms with Crippen molar-refractivity contribution in [2.45, 2.75) is 31.8 Å². The molecule has 1 aliphatic heterocycles. The van der Waals surface area contributed by atoms with Crippen LogP contribution in [0.2, 0.25) is 5.02 Å². The number of thiocarbonyl (C=S) groups is 1. The van der Waals surface area contributed by atoms with E-state index in [1.54, 1.807) is 6.07 Å². The molecule has 2 rings (SSSR count). The maximum atomic E-state index is 13.4. The van der Waals surface area contributed by atoms with Crippen LogP contribution in [0, 0.1) is 5.82 Å². The molecule has 98 valence electrons. The monoisotopic (exact) mass is 286 g/mol. The molecule has 1 aromatic rings. The summed E-state index contributed by atoms with van der Waals surface area (Å²) in [6, 6.07) is 4.99. The van der Waals surface area contributed by atoms with Crippen LogP contribution >= 0.6 is 23.8 Å². The first-order valence-corrected chi connectivity index (χ1v) is 6.84. The second-order valence-electron chi connectivity index (χ2n) is 4.60. The van der Waals surface area contributed by atoms with Gasteiger partial charge in [0.1, 0.15) is 5.82 Å². The Morgan fingerprint density at radius 1 is 1.50 bits per heavy atom. The highest BCUT2D eigenvalue weighted by Gasteiger charge is 2.25. The number of rotatable bonds is 3. The SMILES string of the molecule is NC(=S)C1CCCCN1Cc1cccc(F)c1Cl. The number of hydrogen-bond donors (Lipinski definition) is 1. The molecule has 2 nitrogen and oxygen atoms in total. The summed E-state index contributed by atoms with van der Waals surface area (Å²) in [5.74, 6) is -0.377. The standard InChI is InChI=1S/C13H16ClFN2S/c14-12-9(4-3-5-10(12)15)8-17-7-2-1-6-11(17)13(16)18/h3-5,11H,1-2,6-8H2,(H2,16,18). The lowest BCUT2D eigenvalue weighted by atomic mass is 10.0. The Morgan fingerprint density at radius 2 is 2.28 bits per heavy atom. The van der Waals surface area contributed by atoms with E-state index in [-0.39, 0.29) is 16.9 Å². The molecule has 2 N–H and O–H groups in total. The van der Waals surface area contributed by atoms with Crippen molar-refractivity contribution in [2.24, 2.45) is 5.73 Å². The molecule has 18 heavy (non-hydrogen) atoms. The van der Waals surface area contributed by atoms with Crippen molar-refractivity contribution >= 4 is 28.8 Å². The second-order valence-corrected chi connectivity index (χ2v) is 5.45. The van der Waals surface area contributed by atoms with Crippen LogP contribution in [0.4, 0.5) is 4.39 Å². The van der Waals surface area contributed by atoms with Crippen LogP contribution in [-0.4, -0.2) is 22.5 Å². The summed E-state index contributed by atoms with van der Waals surface area (Å²) in [4.78, 5) is 2.70. The molecule has 0 saturated carbocycles. The van der Waals surface area contributed by atoms with Gasteiger partial charge in [0.2, 0.25) is 0 Å². The Balaban J connectivity index is 2.16. The number of hydrogen-bond acceptors (Lipinski definition) is 2. The fourth-order valence-corrected chi connectivity index (χ4v) is 2.84. The molecule has 0 bridgehead atoms. The Morgan fingerprint density at radius 3 is 3.00 bits per heavy atom. The normalized spacial score (nSPS) is 20.9. The Bertz CT molecular complexity index is 453. The van der Waals surface area contributed by atoms with Crippen molar-refractivity contribution in [3.05, 3.63) is 34.6 Å². The molecule has 1 saturated heterocycles. The fourth-order valence-electron chi connectivity index (χ4n) is 2.39. The smallest absolute Gasteiger partial charge is 0.142 e. The van der Waals surface area contributed by atoms with Gasteiger partial charge in [-0.25, -0.2) is 4.39 Å². The molecular formula is C13H16ClFN2S. The van der Waals surface area contributed by atoms with Gasteiger partial charge in [-0.15, -0.1) is 0 Å². The van der Waals surface area contributed by atoms with Gasteiger partial charge in [0, 0.05) is 6.54 Å². The fraction of sp³-hybridized carbons (Fsp3) is 0.462. The molecule has 0 amide bonds. The number of likely N-dealkylation sites (tertiary alicyclic amines) is 1. The molecule has 0 radical (unpaired) electrons. The topological polar surface area (TPSA) is 29.3 Å². The van der Waals surface area contributed by atoms with Crippen molar-refractivity contribution in [2.75, 3.05) is 6.54 Å². The average molecular weight is 287 g/mol. The Kier molecular flexibility index (Phi) is 4.54. The minimum absolute atomic E-state index is 0.105. The lowest BCUT2D eigenvalue weighted by Gasteiger charge is -2.35. The summed E-state index contributed by atoms with van der Waals surface area (Å²) >= 11 is 11.1. The van der Waals surface area contributed by atoms with E-state index in [4.69, 9.17) is 29.6 Å². The van der Waals surface area contributed by atoms with Gasteiger partial charge in [-0.1, -0.05) is 42.4 Å². The van der Waals surface area contributed by atoms with E-state index >= 15 is 0 Å². The third kappa shape index (κ3) is 2.99. The zero-order valence-corrected chi connectivity index (χ0v) is 11.6. The number of piperidine rings is 1. The van der Waals surface area contributed by atoms with Crippen molar-refractivity contribution in [1.82, 2.24) is 4.90 Å². The highest BCUT2D eigenvalue weighted by molar-refractivity contribution is 7.80. The molecule has 0 spiro atoms. The summed E-state index contributed by atoms with van der Waals surface area (Å²) in [5, 5.41) is 0.199. The molecule has 0 aliphatic carbocycles.